The monoisotopic (exact) mass is 347 g/mol. The van der Waals surface area contributed by atoms with E-state index in [2.05, 4.69) is 10.3 Å². The van der Waals surface area contributed by atoms with E-state index in [9.17, 15) is 9.90 Å². The number of aliphatic hydroxyl groups excluding tert-OH is 1. The van der Waals surface area contributed by atoms with Crippen LogP contribution in [0.15, 0.2) is 41.6 Å². The number of carbonyl (C=O) groups excluding carboxylic acids is 1. The second-order valence-corrected chi connectivity index (χ2v) is 6.00. The van der Waals surface area contributed by atoms with Crippen LogP contribution in [0.4, 0.5) is 4.79 Å². The zero-order valence-electron chi connectivity index (χ0n) is 13.2. The number of benzene rings is 1. The molecule has 2 N–H and O–H groups in total. The number of methoxy groups -OCH3 is 2. The molecule has 0 saturated carbocycles. The minimum Gasteiger partial charge on any atom is -0.493 e. The first kappa shape index (κ1) is 16.4. The maximum atomic E-state index is 12.3. The third-order valence-electron chi connectivity index (χ3n) is 3.58. The van der Waals surface area contributed by atoms with Gasteiger partial charge in [-0.25, -0.2) is 14.1 Å². The highest BCUT2D eigenvalue weighted by Crippen LogP contribution is 2.41. The number of hydrogen-bond acceptors (Lipinski definition) is 6. The Balaban J connectivity index is 1.65. The first-order chi connectivity index (χ1) is 11.6. The van der Waals surface area contributed by atoms with Gasteiger partial charge in [-0.05, 0) is 23.8 Å². The van der Waals surface area contributed by atoms with Crippen molar-refractivity contribution in [3.63, 3.8) is 0 Å². The number of nitrogens with one attached hydrogen (secondary N) is 1. The van der Waals surface area contributed by atoms with Crippen molar-refractivity contribution in [2.45, 2.75) is 17.8 Å². The molecule has 2 amide bonds. The summed E-state index contributed by atoms with van der Waals surface area (Å²) in [6.45, 7) is 0.298. The van der Waals surface area contributed by atoms with Crippen molar-refractivity contribution >= 4 is 18.0 Å². The van der Waals surface area contributed by atoms with Crippen LogP contribution in [0.2, 0.25) is 0 Å². The average molecular weight is 347 g/mol. The molecule has 2 aromatic rings. The van der Waals surface area contributed by atoms with Gasteiger partial charge < -0.3 is 19.9 Å². The molecule has 1 aromatic carbocycles. The molecule has 0 aliphatic carbocycles. The summed E-state index contributed by atoms with van der Waals surface area (Å²) in [6, 6.07) is 8.50. The highest BCUT2D eigenvalue weighted by molar-refractivity contribution is 7.97. The molecule has 7 nitrogen and oxygen atoms in total. The fourth-order valence-electron chi connectivity index (χ4n) is 2.34. The van der Waals surface area contributed by atoms with Gasteiger partial charge in [-0.2, -0.15) is 0 Å². The summed E-state index contributed by atoms with van der Waals surface area (Å²) in [6.07, 6.45) is 0.618. The second-order valence-electron chi connectivity index (χ2n) is 5.04. The fraction of sp³-hybridized carbons (Fsp3) is 0.250. The lowest BCUT2D eigenvalue weighted by atomic mass is 10.2. The Bertz CT molecular complexity index is 756. The van der Waals surface area contributed by atoms with E-state index in [0.29, 0.717) is 28.6 Å². The van der Waals surface area contributed by atoms with Gasteiger partial charge in [0.15, 0.2) is 17.7 Å². The molecule has 8 heteroatoms. The number of fused-ring (bicyclic) bond motifs is 1. The normalized spacial score (nSPS) is 15.8. The number of pyridine rings is 1. The number of amides is 2. The Kier molecular flexibility index (Phi) is 4.77. The van der Waals surface area contributed by atoms with Crippen LogP contribution in [-0.4, -0.2) is 34.6 Å². The van der Waals surface area contributed by atoms with Crippen molar-refractivity contribution in [2.75, 3.05) is 14.2 Å². The van der Waals surface area contributed by atoms with Gasteiger partial charge in [-0.15, -0.1) is 0 Å². The summed E-state index contributed by atoms with van der Waals surface area (Å²) in [5.41, 5.74) is 1.49. The topological polar surface area (TPSA) is 83.9 Å². The van der Waals surface area contributed by atoms with Crippen molar-refractivity contribution < 1.29 is 19.4 Å². The van der Waals surface area contributed by atoms with E-state index in [1.807, 2.05) is 6.07 Å². The molecule has 1 aromatic heterocycles. The van der Waals surface area contributed by atoms with E-state index in [4.69, 9.17) is 9.47 Å². The number of urea groups is 1. The Morgan fingerprint density at radius 3 is 2.83 bits per heavy atom. The van der Waals surface area contributed by atoms with Crippen LogP contribution in [0.5, 0.6) is 11.5 Å². The predicted molar refractivity (Wildman–Crippen MR) is 88.7 cm³/mol. The Morgan fingerprint density at radius 1 is 1.33 bits per heavy atom. The van der Waals surface area contributed by atoms with E-state index in [-0.39, 0.29) is 6.03 Å². The molecule has 0 bridgehead atoms. The number of aromatic nitrogens is 1. The van der Waals surface area contributed by atoms with Gasteiger partial charge in [0.2, 0.25) is 0 Å². The molecule has 1 aliphatic rings. The predicted octanol–water partition coefficient (Wildman–Crippen LogP) is 2.32. The van der Waals surface area contributed by atoms with Crippen molar-refractivity contribution in [2.24, 2.45) is 0 Å². The van der Waals surface area contributed by atoms with E-state index in [1.165, 1.54) is 4.31 Å². The third-order valence-corrected chi connectivity index (χ3v) is 4.65. The zero-order valence-corrected chi connectivity index (χ0v) is 14.0. The summed E-state index contributed by atoms with van der Waals surface area (Å²) in [5, 5.41) is 13.6. The quantitative estimate of drug-likeness (QED) is 0.826. The second kappa shape index (κ2) is 6.98. The maximum absolute atomic E-state index is 12.3. The standard InChI is InChI=1S/C16H17N3O4S/c1-22-12-6-5-10(8-13(12)23-2)9-18-16(21)19-15(20)11-4-3-7-17-14(11)24-19/h3-8,15,20H,9H2,1-2H3,(H,18,21). The average Bonchev–Trinajstić information content (AvgIpc) is 2.96. The van der Waals surface area contributed by atoms with Crippen LogP contribution in [0, 0.1) is 0 Å². The minimum atomic E-state index is -1.01. The lowest BCUT2D eigenvalue weighted by Crippen LogP contribution is -2.35. The van der Waals surface area contributed by atoms with Gasteiger partial charge >= 0.3 is 6.03 Å². The van der Waals surface area contributed by atoms with E-state index in [1.54, 1.807) is 44.7 Å². The Morgan fingerprint density at radius 2 is 2.12 bits per heavy atom. The van der Waals surface area contributed by atoms with Crippen molar-refractivity contribution in [3.8, 4) is 11.5 Å². The van der Waals surface area contributed by atoms with Crippen molar-refractivity contribution in [1.29, 1.82) is 0 Å². The zero-order chi connectivity index (χ0) is 17.1. The van der Waals surface area contributed by atoms with Crippen LogP contribution in [0.1, 0.15) is 17.4 Å². The highest BCUT2D eigenvalue weighted by atomic mass is 32.2. The molecular weight excluding hydrogens is 330 g/mol. The summed E-state index contributed by atoms with van der Waals surface area (Å²) in [5.74, 6) is 1.22. The molecule has 1 unspecified atom stereocenters. The van der Waals surface area contributed by atoms with Crippen molar-refractivity contribution in [1.82, 2.24) is 14.6 Å². The van der Waals surface area contributed by atoms with Gasteiger partial charge in [0, 0.05) is 30.3 Å². The van der Waals surface area contributed by atoms with E-state index >= 15 is 0 Å². The molecular formula is C16H17N3O4S. The number of hydrogen-bond donors (Lipinski definition) is 2. The summed E-state index contributed by atoms with van der Waals surface area (Å²) in [4.78, 5) is 16.5. The fourth-order valence-corrected chi connectivity index (χ4v) is 3.28. The van der Waals surface area contributed by atoms with Crippen LogP contribution in [-0.2, 0) is 6.54 Å². The molecule has 0 saturated heterocycles. The molecule has 3 rings (SSSR count). The van der Waals surface area contributed by atoms with Gasteiger partial charge in [-0.3, -0.25) is 0 Å². The van der Waals surface area contributed by atoms with Crippen LogP contribution in [0.3, 0.4) is 0 Å². The van der Waals surface area contributed by atoms with Crippen LogP contribution < -0.4 is 14.8 Å². The van der Waals surface area contributed by atoms with E-state index < -0.39 is 6.23 Å². The Hall–Kier alpha value is -2.45. The number of nitrogens with zero attached hydrogens (tertiary/aromatic N) is 2. The molecule has 24 heavy (non-hydrogen) atoms. The number of ether oxygens (including phenoxy) is 2. The summed E-state index contributed by atoms with van der Waals surface area (Å²) in [7, 11) is 3.12. The molecule has 1 aliphatic heterocycles. The first-order valence-electron chi connectivity index (χ1n) is 7.23. The van der Waals surface area contributed by atoms with Gasteiger partial charge in [0.05, 0.1) is 14.2 Å². The molecule has 0 radical (unpaired) electrons. The largest absolute Gasteiger partial charge is 0.493 e. The summed E-state index contributed by atoms with van der Waals surface area (Å²) >= 11 is 1.12. The summed E-state index contributed by atoms with van der Waals surface area (Å²) < 4.78 is 11.7. The SMILES string of the molecule is COc1ccc(CNC(=O)N2Sc3ncccc3C2O)cc1OC. The molecule has 0 spiro atoms. The van der Waals surface area contributed by atoms with Crippen LogP contribution in [0.25, 0.3) is 0 Å². The molecule has 2 heterocycles. The lowest BCUT2D eigenvalue weighted by molar-refractivity contribution is 0.0899. The third kappa shape index (κ3) is 3.10. The minimum absolute atomic E-state index is 0.298. The number of aliphatic hydroxyl groups is 1. The first-order valence-corrected chi connectivity index (χ1v) is 8.00. The smallest absolute Gasteiger partial charge is 0.330 e. The van der Waals surface area contributed by atoms with Gasteiger partial charge in [0.1, 0.15) is 5.03 Å². The van der Waals surface area contributed by atoms with Crippen molar-refractivity contribution in [3.05, 3.63) is 47.7 Å². The highest BCUT2D eigenvalue weighted by Gasteiger charge is 2.34. The van der Waals surface area contributed by atoms with Crippen LogP contribution >= 0.6 is 11.9 Å². The number of carbonyl (C=O) groups is 1. The molecule has 1 atom stereocenters. The van der Waals surface area contributed by atoms with E-state index in [0.717, 1.165) is 17.5 Å². The Labute approximate surface area is 143 Å². The van der Waals surface area contributed by atoms with Gasteiger partial charge in [0.25, 0.3) is 0 Å². The number of rotatable bonds is 4. The molecule has 0 fully saturated rings. The molecule has 126 valence electrons. The van der Waals surface area contributed by atoms with Gasteiger partial charge in [-0.1, -0.05) is 12.1 Å². The lowest BCUT2D eigenvalue weighted by Gasteiger charge is -2.19. The maximum Gasteiger partial charge on any atom is 0.330 e.